The molecule has 2 heterocycles. The highest BCUT2D eigenvalue weighted by molar-refractivity contribution is 5.91. The number of fused-ring (bicyclic) bond motifs is 1. The van der Waals surface area contributed by atoms with Gasteiger partial charge in [0.15, 0.2) is 6.17 Å². The van der Waals surface area contributed by atoms with Crippen molar-refractivity contribution in [1.82, 2.24) is 35.4 Å². The Morgan fingerprint density at radius 1 is 1.14 bits per heavy atom. The van der Waals surface area contributed by atoms with Gasteiger partial charge in [0.05, 0.1) is 23.1 Å². The Labute approximate surface area is 235 Å². The van der Waals surface area contributed by atoms with Gasteiger partial charge in [-0.15, -0.1) is 0 Å². The fraction of sp³-hybridized carbons (Fsp3) is 0.577. The molecule has 3 aromatic rings. The third-order valence-electron chi connectivity index (χ3n) is 7.29. The third-order valence-corrected chi connectivity index (χ3v) is 7.29. The van der Waals surface area contributed by atoms with E-state index in [1.165, 1.54) is 6.92 Å². The van der Waals surface area contributed by atoms with Gasteiger partial charge in [-0.05, 0) is 43.4 Å². The Kier molecular flexibility index (Phi) is 9.71. The number of carbonyl (C=O) groups excluding carboxylic acids is 2. The minimum absolute atomic E-state index is 0.0697. The molecule has 3 N–H and O–H groups in total. The van der Waals surface area contributed by atoms with Gasteiger partial charge < -0.3 is 15.6 Å². The average molecular weight is 606 g/mol. The number of imidazole rings is 1. The van der Waals surface area contributed by atoms with Crippen molar-refractivity contribution in [1.29, 1.82) is 0 Å². The van der Waals surface area contributed by atoms with E-state index in [1.807, 2.05) is 0 Å². The first-order valence-electron chi connectivity index (χ1n) is 13.4. The van der Waals surface area contributed by atoms with Crippen LogP contribution in [0.2, 0.25) is 0 Å². The van der Waals surface area contributed by atoms with Gasteiger partial charge in [-0.1, -0.05) is 6.07 Å². The Hall–Kier alpha value is -3.72. The number of hydrogen-bond acceptors (Lipinski definition) is 5. The summed E-state index contributed by atoms with van der Waals surface area (Å²) in [5, 5.41) is 8.87. The van der Waals surface area contributed by atoms with Gasteiger partial charge >= 0.3 is 0 Å². The molecule has 0 radical (unpaired) electrons. The largest absolute Gasteiger partial charge is 0.347 e. The number of aromatic nitrogens is 5. The first kappa shape index (κ1) is 31.2. The minimum Gasteiger partial charge on any atom is -0.347 e. The summed E-state index contributed by atoms with van der Waals surface area (Å²) in [7, 11) is 0. The van der Waals surface area contributed by atoms with E-state index < -0.39 is 80.4 Å². The van der Waals surface area contributed by atoms with Crippen molar-refractivity contribution in [2.75, 3.05) is 6.67 Å². The van der Waals surface area contributed by atoms with E-state index in [0.29, 0.717) is 16.6 Å². The predicted octanol–water partition coefficient (Wildman–Crippen LogP) is 4.93. The molecule has 0 saturated heterocycles. The number of rotatable bonds is 12. The Morgan fingerprint density at radius 3 is 2.52 bits per heavy atom. The molecule has 16 heteroatoms. The van der Waals surface area contributed by atoms with E-state index in [2.05, 4.69) is 30.7 Å². The molecule has 2 amide bonds. The first-order valence-corrected chi connectivity index (χ1v) is 13.4. The molecular weight excluding hydrogens is 575 g/mol. The van der Waals surface area contributed by atoms with E-state index in [0.717, 1.165) is 11.0 Å². The van der Waals surface area contributed by atoms with Crippen LogP contribution in [0.15, 0.2) is 24.5 Å². The van der Waals surface area contributed by atoms with Crippen LogP contribution in [0.5, 0.6) is 0 Å². The van der Waals surface area contributed by atoms with Gasteiger partial charge in [-0.25, -0.2) is 45.4 Å². The molecule has 230 valence electrons. The summed E-state index contributed by atoms with van der Waals surface area (Å²) in [6.07, 6.45) is -8.02. The summed E-state index contributed by atoms with van der Waals surface area (Å²) in [6.45, 7) is -0.386. The fourth-order valence-corrected chi connectivity index (χ4v) is 4.92. The van der Waals surface area contributed by atoms with Crippen LogP contribution in [0.1, 0.15) is 73.1 Å². The van der Waals surface area contributed by atoms with E-state index in [-0.39, 0.29) is 31.0 Å². The van der Waals surface area contributed by atoms with Gasteiger partial charge in [-0.3, -0.25) is 9.59 Å². The molecule has 0 spiro atoms. The summed E-state index contributed by atoms with van der Waals surface area (Å²) in [5.74, 6) is -5.32. The number of carbonyl (C=O) groups is 2. The number of nitrogens with zero attached hydrogens (tertiary/aromatic N) is 4. The second kappa shape index (κ2) is 13.1. The molecular formula is C26H30F7N7O2. The van der Waals surface area contributed by atoms with Crippen molar-refractivity contribution in [3.8, 4) is 0 Å². The zero-order valence-corrected chi connectivity index (χ0v) is 22.5. The lowest BCUT2D eigenvalue weighted by atomic mass is 9.81. The van der Waals surface area contributed by atoms with Crippen LogP contribution >= 0.6 is 0 Å². The lowest BCUT2D eigenvalue weighted by Crippen LogP contribution is -2.39. The molecule has 0 bridgehead atoms. The van der Waals surface area contributed by atoms with Crippen LogP contribution in [-0.2, 0) is 11.3 Å². The molecule has 1 fully saturated rings. The topological polar surface area (TPSA) is 118 Å². The molecule has 4 atom stereocenters. The minimum atomic E-state index is -2.84. The van der Waals surface area contributed by atoms with E-state index >= 15 is 0 Å². The molecule has 1 aromatic carbocycles. The van der Waals surface area contributed by atoms with Gasteiger partial charge in [-0.2, -0.15) is 5.10 Å². The predicted molar refractivity (Wildman–Crippen MR) is 136 cm³/mol. The molecule has 4 rings (SSSR count). The Bertz CT molecular complexity index is 1370. The van der Waals surface area contributed by atoms with Crippen LogP contribution in [-0.4, -0.2) is 67.9 Å². The molecule has 2 aromatic heterocycles. The molecule has 1 saturated carbocycles. The second-order valence-corrected chi connectivity index (χ2v) is 10.3. The summed E-state index contributed by atoms with van der Waals surface area (Å²) in [6, 6.07) is 3.06. The van der Waals surface area contributed by atoms with Gasteiger partial charge in [0.25, 0.3) is 11.8 Å². The number of benzene rings is 1. The van der Waals surface area contributed by atoms with Crippen LogP contribution in [0.3, 0.4) is 0 Å². The highest BCUT2D eigenvalue weighted by Crippen LogP contribution is 2.41. The van der Waals surface area contributed by atoms with Gasteiger partial charge in [0, 0.05) is 25.8 Å². The van der Waals surface area contributed by atoms with Crippen LogP contribution in [0.25, 0.3) is 11.0 Å². The zero-order chi connectivity index (χ0) is 30.6. The Balaban J connectivity index is 1.58. The van der Waals surface area contributed by atoms with Crippen molar-refractivity contribution in [2.45, 2.75) is 82.3 Å². The average Bonchev–Trinajstić information content (AvgIpc) is 3.60. The van der Waals surface area contributed by atoms with Crippen molar-refractivity contribution < 1.29 is 40.3 Å². The maximum Gasteiger partial charge on any atom is 0.289 e. The molecule has 42 heavy (non-hydrogen) atoms. The second-order valence-electron chi connectivity index (χ2n) is 10.3. The smallest absolute Gasteiger partial charge is 0.289 e. The Morgan fingerprint density at radius 2 is 1.86 bits per heavy atom. The van der Waals surface area contributed by atoms with Crippen molar-refractivity contribution >= 4 is 22.8 Å². The van der Waals surface area contributed by atoms with Crippen molar-refractivity contribution in [3.05, 3.63) is 41.7 Å². The van der Waals surface area contributed by atoms with Gasteiger partial charge in [0.1, 0.15) is 18.8 Å². The number of aromatic amines is 1. The third kappa shape index (κ3) is 7.37. The standard InChI is InChI=1S/C26H30F7N7O2/c1-13(36-24(41)20(31)16(28)11-27)15-2-3-17-18(10-15)38-22(37-17)21(14-4-7-26(32,33)8-5-14)39-25(42)23-34-12-35-40(23)9-6-19(29)30/h2-3,10,12-14,16,19-21H,4-9,11H2,1H3,(H,36,41)(H,37,38)(H,39,42)/t13-,16?,20?,21+/m1/s1. The monoisotopic (exact) mass is 605 g/mol. The summed E-state index contributed by atoms with van der Waals surface area (Å²) >= 11 is 0. The number of nitrogens with one attached hydrogen (secondary N) is 3. The molecule has 2 unspecified atom stereocenters. The number of hydrogen-bond donors (Lipinski definition) is 3. The number of amides is 2. The fourth-order valence-electron chi connectivity index (χ4n) is 4.92. The van der Waals surface area contributed by atoms with E-state index in [9.17, 15) is 40.3 Å². The SMILES string of the molecule is C[C@@H](NC(=O)C(F)C(F)CF)c1ccc2nc([C@@H](NC(=O)c3ncnn3CCC(F)F)C3CCC(F)(F)CC3)[nH]c2c1. The highest BCUT2D eigenvalue weighted by Gasteiger charge is 2.40. The number of halogens is 7. The van der Waals surface area contributed by atoms with Crippen molar-refractivity contribution in [3.63, 3.8) is 0 Å². The summed E-state index contributed by atoms with van der Waals surface area (Å²) in [4.78, 5) is 36.6. The molecule has 0 aliphatic heterocycles. The number of H-pyrrole nitrogens is 1. The maximum absolute atomic E-state index is 13.9. The first-order chi connectivity index (χ1) is 19.9. The van der Waals surface area contributed by atoms with Crippen LogP contribution < -0.4 is 10.6 Å². The normalized spacial score (nSPS) is 18.5. The molecule has 1 aliphatic carbocycles. The molecule has 1 aliphatic rings. The lowest BCUT2D eigenvalue weighted by molar-refractivity contribution is -0.129. The van der Waals surface area contributed by atoms with E-state index in [1.54, 1.807) is 18.2 Å². The number of alkyl halides is 7. The van der Waals surface area contributed by atoms with Gasteiger partial charge in [0.2, 0.25) is 24.3 Å². The highest BCUT2D eigenvalue weighted by atomic mass is 19.3. The van der Waals surface area contributed by atoms with E-state index in [4.69, 9.17) is 0 Å². The summed E-state index contributed by atoms with van der Waals surface area (Å²) < 4.78 is 93.8. The summed E-state index contributed by atoms with van der Waals surface area (Å²) in [5.41, 5.74) is 1.34. The maximum atomic E-state index is 13.9. The number of aryl methyl sites for hydroxylation is 1. The quantitative estimate of drug-likeness (QED) is 0.253. The van der Waals surface area contributed by atoms with Crippen molar-refractivity contribution in [2.24, 2.45) is 5.92 Å². The zero-order valence-electron chi connectivity index (χ0n) is 22.5. The van der Waals surface area contributed by atoms with Crippen LogP contribution in [0.4, 0.5) is 30.7 Å². The lowest BCUT2D eigenvalue weighted by Gasteiger charge is -2.33. The van der Waals surface area contributed by atoms with Crippen LogP contribution in [0, 0.1) is 5.92 Å². The molecule has 9 nitrogen and oxygen atoms in total.